The Morgan fingerprint density at radius 2 is 1.82 bits per heavy atom. The number of hydrazone groups is 1. The second-order valence-electron chi connectivity index (χ2n) is 6.67. The standard InChI is InChI=1S/C21H20Br2N4O/c1-14(2)17-7-3-15(4-8-17)11-24-25-21(28)20-19(23)13-27(26-20)12-16-5-9-18(22)10-6-16/h3-11,13-14H,12H2,1-2H3,(H,25,28)/b24-11+. The van der Waals surface area contributed by atoms with Crippen LogP contribution in [0.2, 0.25) is 0 Å². The van der Waals surface area contributed by atoms with Crippen LogP contribution < -0.4 is 5.43 Å². The van der Waals surface area contributed by atoms with Gasteiger partial charge in [0, 0.05) is 10.7 Å². The zero-order valence-corrected chi connectivity index (χ0v) is 18.7. The minimum atomic E-state index is -0.364. The van der Waals surface area contributed by atoms with E-state index in [0.717, 1.165) is 15.6 Å². The van der Waals surface area contributed by atoms with Gasteiger partial charge >= 0.3 is 0 Å². The zero-order valence-electron chi connectivity index (χ0n) is 15.6. The molecule has 7 heteroatoms. The van der Waals surface area contributed by atoms with Gasteiger partial charge in [-0.15, -0.1) is 0 Å². The lowest BCUT2D eigenvalue weighted by molar-refractivity contribution is 0.0948. The molecule has 0 spiro atoms. The summed E-state index contributed by atoms with van der Waals surface area (Å²) in [6.07, 6.45) is 3.40. The van der Waals surface area contributed by atoms with Gasteiger partial charge in [0.15, 0.2) is 5.69 Å². The number of amides is 1. The fourth-order valence-corrected chi connectivity index (χ4v) is 3.35. The molecule has 28 heavy (non-hydrogen) atoms. The quantitative estimate of drug-likeness (QED) is 0.364. The maximum absolute atomic E-state index is 12.4. The molecule has 0 atom stereocenters. The number of carbonyl (C=O) groups excluding carboxylic acids is 1. The summed E-state index contributed by atoms with van der Waals surface area (Å²) in [7, 11) is 0. The summed E-state index contributed by atoms with van der Waals surface area (Å²) >= 11 is 6.82. The molecule has 3 aromatic rings. The lowest BCUT2D eigenvalue weighted by atomic mass is 10.0. The van der Waals surface area contributed by atoms with Crippen molar-refractivity contribution >= 4 is 44.0 Å². The van der Waals surface area contributed by atoms with Crippen molar-refractivity contribution in [2.24, 2.45) is 5.10 Å². The summed E-state index contributed by atoms with van der Waals surface area (Å²) in [6.45, 7) is 4.87. The van der Waals surface area contributed by atoms with Gasteiger partial charge in [-0.05, 0) is 50.7 Å². The van der Waals surface area contributed by atoms with E-state index in [9.17, 15) is 4.79 Å². The molecule has 0 bridgehead atoms. The van der Waals surface area contributed by atoms with Crippen molar-refractivity contribution < 1.29 is 4.79 Å². The predicted molar refractivity (Wildman–Crippen MR) is 119 cm³/mol. The number of aromatic nitrogens is 2. The first-order valence-electron chi connectivity index (χ1n) is 8.83. The molecule has 1 amide bonds. The van der Waals surface area contributed by atoms with Gasteiger partial charge in [-0.3, -0.25) is 9.48 Å². The summed E-state index contributed by atoms with van der Waals surface area (Å²) < 4.78 is 3.37. The Balaban J connectivity index is 1.62. The maximum atomic E-state index is 12.4. The molecule has 1 N–H and O–H groups in total. The SMILES string of the molecule is CC(C)c1ccc(/C=N/NC(=O)c2nn(Cc3ccc(Br)cc3)cc2Br)cc1. The molecule has 0 fully saturated rings. The largest absolute Gasteiger partial charge is 0.293 e. The molecule has 1 aromatic heterocycles. The molecule has 1 heterocycles. The average Bonchev–Trinajstić information content (AvgIpc) is 3.04. The van der Waals surface area contributed by atoms with Gasteiger partial charge in [-0.25, -0.2) is 5.43 Å². The summed E-state index contributed by atoms with van der Waals surface area (Å²) in [5, 5.41) is 8.39. The van der Waals surface area contributed by atoms with Crippen molar-refractivity contribution in [3.05, 3.63) is 86.1 Å². The Kier molecular flexibility index (Phi) is 6.80. The predicted octanol–water partition coefficient (Wildman–Crippen LogP) is 5.34. The fraction of sp³-hybridized carbons (Fsp3) is 0.190. The normalized spacial score (nSPS) is 11.3. The molecule has 3 rings (SSSR count). The molecule has 2 aromatic carbocycles. The first-order valence-corrected chi connectivity index (χ1v) is 10.4. The van der Waals surface area contributed by atoms with Gasteiger partial charge in [-0.2, -0.15) is 10.2 Å². The number of carbonyl (C=O) groups is 1. The third kappa shape index (κ3) is 5.39. The number of hydrogen-bond donors (Lipinski definition) is 1. The Hall–Kier alpha value is -2.25. The van der Waals surface area contributed by atoms with Crippen LogP contribution in [0.1, 0.15) is 46.9 Å². The second-order valence-corrected chi connectivity index (χ2v) is 8.44. The zero-order chi connectivity index (χ0) is 20.1. The van der Waals surface area contributed by atoms with E-state index in [1.807, 2.05) is 36.4 Å². The molecule has 0 unspecified atom stereocenters. The van der Waals surface area contributed by atoms with E-state index in [1.165, 1.54) is 5.56 Å². The molecule has 0 saturated heterocycles. The first-order chi connectivity index (χ1) is 13.4. The number of nitrogens with one attached hydrogen (secondary N) is 1. The molecule has 5 nitrogen and oxygen atoms in total. The number of hydrogen-bond acceptors (Lipinski definition) is 3. The molecular formula is C21H20Br2N4O. The summed E-state index contributed by atoms with van der Waals surface area (Å²) in [6, 6.07) is 16.1. The number of benzene rings is 2. The molecule has 0 aliphatic rings. The van der Waals surface area contributed by atoms with Crippen molar-refractivity contribution in [3.63, 3.8) is 0 Å². The molecule has 144 valence electrons. The lowest BCUT2D eigenvalue weighted by Crippen LogP contribution is -2.19. The molecule has 0 aliphatic carbocycles. The van der Waals surface area contributed by atoms with E-state index in [4.69, 9.17) is 0 Å². The van der Waals surface area contributed by atoms with Crippen LogP contribution in [0.15, 0.2) is 68.8 Å². The molecule has 0 radical (unpaired) electrons. The Morgan fingerprint density at radius 1 is 1.14 bits per heavy atom. The summed E-state index contributed by atoms with van der Waals surface area (Å²) in [5.74, 6) is 0.118. The monoisotopic (exact) mass is 502 g/mol. The van der Waals surface area contributed by atoms with Gasteiger partial charge < -0.3 is 0 Å². The first kappa shape index (κ1) is 20.5. The lowest BCUT2D eigenvalue weighted by Gasteiger charge is -2.04. The van der Waals surface area contributed by atoms with E-state index in [2.05, 4.69) is 73.5 Å². The van der Waals surface area contributed by atoms with Crippen LogP contribution in [0, 0.1) is 0 Å². The minimum Gasteiger partial charge on any atom is -0.266 e. The van der Waals surface area contributed by atoms with Gasteiger partial charge in [0.2, 0.25) is 0 Å². The number of halogens is 2. The van der Waals surface area contributed by atoms with Crippen LogP contribution in [-0.4, -0.2) is 21.9 Å². The summed E-state index contributed by atoms with van der Waals surface area (Å²) in [5.41, 5.74) is 6.10. The van der Waals surface area contributed by atoms with Crippen molar-refractivity contribution in [1.29, 1.82) is 0 Å². The van der Waals surface area contributed by atoms with E-state index < -0.39 is 0 Å². The van der Waals surface area contributed by atoms with E-state index in [1.54, 1.807) is 17.1 Å². The highest BCUT2D eigenvalue weighted by atomic mass is 79.9. The van der Waals surface area contributed by atoms with Crippen LogP contribution in [0.25, 0.3) is 0 Å². The van der Waals surface area contributed by atoms with Crippen molar-refractivity contribution in [2.45, 2.75) is 26.3 Å². The number of rotatable bonds is 6. The van der Waals surface area contributed by atoms with E-state index in [-0.39, 0.29) is 5.91 Å². The third-order valence-electron chi connectivity index (χ3n) is 4.17. The van der Waals surface area contributed by atoms with Crippen molar-refractivity contribution in [2.75, 3.05) is 0 Å². The smallest absolute Gasteiger partial charge is 0.266 e. The Bertz CT molecular complexity index is 977. The van der Waals surface area contributed by atoms with E-state index in [0.29, 0.717) is 22.6 Å². The van der Waals surface area contributed by atoms with Crippen LogP contribution in [0.4, 0.5) is 0 Å². The minimum absolute atomic E-state index is 0.296. The van der Waals surface area contributed by atoms with Crippen LogP contribution in [0.5, 0.6) is 0 Å². The van der Waals surface area contributed by atoms with Gasteiger partial charge in [0.25, 0.3) is 5.91 Å². The van der Waals surface area contributed by atoms with Crippen molar-refractivity contribution in [3.8, 4) is 0 Å². The third-order valence-corrected chi connectivity index (χ3v) is 5.28. The van der Waals surface area contributed by atoms with Crippen LogP contribution in [0.3, 0.4) is 0 Å². The summed E-state index contributed by atoms with van der Waals surface area (Å²) in [4.78, 5) is 12.4. The topological polar surface area (TPSA) is 59.3 Å². The van der Waals surface area contributed by atoms with Crippen molar-refractivity contribution in [1.82, 2.24) is 15.2 Å². The molecule has 0 saturated carbocycles. The highest BCUT2D eigenvalue weighted by Crippen LogP contribution is 2.17. The van der Waals surface area contributed by atoms with Gasteiger partial charge in [-0.1, -0.05) is 66.2 Å². The van der Waals surface area contributed by atoms with Gasteiger partial charge in [0.1, 0.15) is 0 Å². The average molecular weight is 504 g/mol. The Morgan fingerprint density at radius 3 is 2.46 bits per heavy atom. The van der Waals surface area contributed by atoms with Crippen LogP contribution >= 0.6 is 31.9 Å². The molecule has 0 aliphatic heterocycles. The highest BCUT2D eigenvalue weighted by Gasteiger charge is 2.14. The number of nitrogens with zero attached hydrogens (tertiary/aromatic N) is 3. The maximum Gasteiger partial charge on any atom is 0.293 e. The highest BCUT2D eigenvalue weighted by molar-refractivity contribution is 9.10. The van der Waals surface area contributed by atoms with E-state index >= 15 is 0 Å². The van der Waals surface area contributed by atoms with Gasteiger partial charge in [0.05, 0.1) is 17.2 Å². The van der Waals surface area contributed by atoms with Crippen LogP contribution in [-0.2, 0) is 6.54 Å². The molecular weight excluding hydrogens is 484 g/mol. The fourth-order valence-electron chi connectivity index (χ4n) is 2.59. The second kappa shape index (κ2) is 9.30. The Labute approximate surface area is 181 Å².